The van der Waals surface area contributed by atoms with Crippen molar-refractivity contribution in [2.24, 2.45) is 4.99 Å². The van der Waals surface area contributed by atoms with Gasteiger partial charge in [-0.2, -0.15) is 0 Å². The van der Waals surface area contributed by atoms with Gasteiger partial charge < -0.3 is 0 Å². The highest BCUT2D eigenvalue weighted by Gasteiger charge is 1.81. The maximum atomic E-state index is 4.07. The molecule has 0 atom stereocenters. The van der Waals surface area contributed by atoms with E-state index in [1.165, 1.54) is 0 Å². The molecule has 1 rings (SSSR count). The lowest BCUT2D eigenvalue weighted by molar-refractivity contribution is 1.13. The van der Waals surface area contributed by atoms with Crippen LogP contribution < -0.4 is 0 Å². The number of rotatable bonds is 2. The second-order valence-electron chi connectivity index (χ2n) is 1.88. The number of aromatic nitrogens is 1. The first-order valence-electron chi connectivity index (χ1n) is 3.34. The molecule has 0 fully saturated rings. The fourth-order valence-corrected chi connectivity index (χ4v) is 0.637. The van der Waals surface area contributed by atoms with Crippen molar-refractivity contribution in [3.63, 3.8) is 0 Å². The van der Waals surface area contributed by atoms with Crippen molar-refractivity contribution in [3.8, 4) is 0 Å². The van der Waals surface area contributed by atoms with Crippen LogP contribution in [0.15, 0.2) is 29.4 Å². The summed E-state index contributed by atoms with van der Waals surface area (Å²) in [7, 11) is 0. The molecule has 0 N–H and O–H groups in total. The second-order valence-corrected chi connectivity index (χ2v) is 1.88. The largest absolute Gasteiger partial charge is 0.291 e. The molecule has 1 aromatic heterocycles. The molecule has 1 heterocycles. The molecule has 0 saturated heterocycles. The molecule has 10 heavy (non-hydrogen) atoms. The Hall–Kier alpha value is -1.18. The zero-order chi connectivity index (χ0) is 7.23. The normalized spacial score (nSPS) is 10.5. The molecule has 0 amide bonds. The molecule has 0 spiro atoms. The fraction of sp³-hybridized carbons (Fsp3) is 0.250. The van der Waals surface area contributed by atoms with E-state index in [9.17, 15) is 0 Å². The average Bonchev–Trinajstić information content (AvgIpc) is 2.03. The predicted octanol–water partition coefficient (Wildman–Crippen LogP) is 1.52. The minimum Gasteiger partial charge on any atom is -0.291 e. The first-order chi connectivity index (χ1) is 4.93. The maximum absolute atomic E-state index is 4.07. The van der Waals surface area contributed by atoms with Crippen LogP contribution in [0.2, 0.25) is 0 Å². The van der Waals surface area contributed by atoms with Crippen LogP contribution >= 0.6 is 0 Å². The van der Waals surface area contributed by atoms with Gasteiger partial charge in [-0.1, -0.05) is 6.07 Å². The molecular formula is C8H10N2. The SMILES string of the molecule is CCN=Cc1ccccn1. The van der Waals surface area contributed by atoms with Crippen molar-refractivity contribution in [2.45, 2.75) is 6.92 Å². The first-order valence-corrected chi connectivity index (χ1v) is 3.34. The van der Waals surface area contributed by atoms with E-state index in [2.05, 4.69) is 9.98 Å². The van der Waals surface area contributed by atoms with Crippen LogP contribution in [0.25, 0.3) is 0 Å². The summed E-state index contributed by atoms with van der Waals surface area (Å²) in [6, 6.07) is 5.77. The van der Waals surface area contributed by atoms with Crippen LogP contribution in [0.3, 0.4) is 0 Å². The van der Waals surface area contributed by atoms with Gasteiger partial charge in [0.2, 0.25) is 0 Å². The summed E-state index contributed by atoms with van der Waals surface area (Å²) in [4.78, 5) is 8.12. The number of pyridine rings is 1. The summed E-state index contributed by atoms with van der Waals surface area (Å²) in [5.41, 5.74) is 0.921. The van der Waals surface area contributed by atoms with E-state index in [0.717, 1.165) is 12.2 Å². The Labute approximate surface area is 60.6 Å². The van der Waals surface area contributed by atoms with Gasteiger partial charge in [0.05, 0.1) is 5.69 Å². The maximum Gasteiger partial charge on any atom is 0.0807 e. The van der Waals surface area contributed by atoms with E-state index in [1.807, 2.05) is 25.1 Å². The topological polar surface area (TPSA) is 25.2 Å². The monoisotopic (exact) mass is 134 g/mol. The van der Waals surface area contributed by atoms with E-state index in [4.69, 9.17) is 0 Å². The van der Waals surface area contributed by atoms with Crippen molar-refractivity contribution in [1.29, 1.82) is 0 Å². The Morgan fingerprint density at radius 1 is 1.60 bits per heavy atom. The smallest absolute Gasteiger partial charge is 0.0807 e. The summed E-state index contributed by atoms with van der Waals surface area (Å²) in [6.45, 7) is 2.82. The molecule has 0 aliphatic rings. The van der Waals surface area contributed by atoms with Gasteiger partial charge in [-0.3, -0.25) is 9.98 Å². The molecule has 0 aromatic carbocycles. The molecule has 52 valence electrons. The highest BCUT2D eigenvalue weighted by Crippen LogP contribution is 1.87. The Balaban J connectivity index is 2.67. The Morgan fingerprint density at radius 3 is 3.10 bits per heavy atom. The second kappa shape index (κ2) is 3.77. The summed E-state index contributed by atoms with van der Waals surface area (Å²) in [5, 5.41) is 0. The lowest BCUT2D eigenvalue weighted by Gasteiger charge is -1.87. The van der Waals surface area contributed by atoms with Gasteiger partial charge in [-0.05, 0) is 19.1 Å². The van der Waals surface area contributed by atoms with Gasteiger partial charge in [-0.25, -0.2) is 0 Å². The van der Waals surface area contributed by atoms with Crippen molar-refractivity contribution in [2.75, 3.05) is 6.54 Å². The summed E-state index contributed by atoms with van der Waals surface area (Å²) in [5.74, 6) is 0. The number of nitrogens with zero attached hydrogens (tertiary/aromatic N) is 2. The van der Waals surface area contributed by atoms with Crippen LogP contribution in [0.4, 0.5) is 0 Å². The minimum absolute atomic E-state index is 0.816. The summed E-state index contributed by atoms with van der Waals surface area (Å²) in [6.07, 6.45) is 3.54. The molecule has 1 aromatic rings. The van der Waals surface area contributed by atoms with Gasteiger partial charge >= 0.3 is 0 Å². The van der Waals surface area contributed by atoms with Crippen molar-refractivity contribution in [3.05, 3.63) is 30.1 Å². The Bertz CT molecular complexity index is 204. The molecule has 2 heteroatoms. The van der Waals surface area contributed by atoms with E-state index in [-0.39, 0.29) is 0 Å². The van der Waals surface area contributed by atoms with Gasteiger partial charge in [0.15, 0.2) is 0 Å². The lowest BCUT2D eigenvalue weighted by Crippen LogP contribution is -1.84. The lowest BCUT2D eigenvalue weighted by atomic mass is 10.4. The van der Waals surface area contributed by atoms with Crippen molar-refractivity contribution >= 4 is 6.21 Å². The number of hydrogen-bond acceptors (Lipinski definition) is 2. The molecule has 0 aliphatic heterocycles. The van der Waals surface area contributed by atoms with Gasteiger partial charge in [-0.15, -0.1) is 0 Å². The Morgan fingerprint density at radius 2 is 2.50 bits per heavy atom. The van der Waals surface area contributed by atoms with Crippen molar-refractivity contribution in [1.82, 2.24) is 4.98 Å². The molecule has 0 radical (unpaired) electrons. The number of aliphatic imine (C=N–C) groups is 1. The van der Waals surface area contributed by atoms with Crippen LogP contribution in [0.1, 0.15) is 12.6 Å². The fourth-order valence-electron chi connectivity index (χ4n) is 0.637. The average molecular weight is 134 g/mol. The van der Waals surface area contributed by atoms with Gasteiger partial charge in [0.25, 0.3) is 0 Å². The third kappa shape index (κ3) is 1.97. The minimum atomic E-state index is 0.816. The molecular weight excluding hydrogens is 124 g/mol. The number of hydrogen-bond donors (Lipinski definition) is 0. The third-order valence-electron chi connectivity index (χ3n) is 1.09. The van der Waals surface area contributed by atoms with Gasteiger partial charge in [0.1, 0.15) is 0 Å². The van der Waals surface area contributed by atoms with E-state index >= 15 is 0 Å². The molecule has 0 bridgehead atoms. The van der Waals surface area contributed by atoms with E-state index in [0.29, 0.717) is 0 Å². The predicted molar refractivity (Wildman–Crippen MR) is 42.4 cm³/mol. The van der Waals surface area contributed by atoms with E-state index in [1.54, 1.807) is 12.4 Å². The van der Waals surface area contributed by atoms with Crippen molar-refractivity contribution < 1.29 is 0 Å². The van der Waals surface area contributed by atoms with Crippen LogP contribution in [-0.2, 0) is 0 Å². The van der Waals surface area contributed by atoms with Gasteiger partial charge in [0, 0.05) is 19.0 Å². The Kier molecular flexibility index (Phi) is 2.62. The quantitative estimate of drug-likeness (QED) is 0.563. The van der Waals surface area contributed by atoms with Crippen LogP contribution in [0.5, 0.6) is 0 Å². The summed E-state index contributed by atoms with van der Waals surface area (Å²) >= 11 is 0. The highest BCUT2D eigenvalue weighted by molar-refractivity contribution is 5.76. The molecule has 2 nitrogen and oxygen atoms in total. The highest BCUT2D eigenvalue weighted by atomic mass is 14.7. The zero-order valence-electron chi connectivity index (χ0n) is 5.99. The van der Waals surface area contributed by atoms with Crippen LogP contribution in [0, 0.1) is 0 Å². The third-order valence-corrected chi connectivity index (χ3v) is 1.09. The standard InChI is InChI=1S/C8H10N2/c1-2-9-7-8-5-3-4-6-10-8/h3-7H,2H2,1H3. The molecule has 0 unspecified atom stereocenters. The first kappa shape index (κ1) is 6.93. The zero-order valence-corrected chi connectivity index (χ0v) is 5.99. The molecule has 0 saturated carbocycles. The summed E-state index contributed by atoms with van der Waals surface area (Å²) < 4.78 is 0. The molecule has 0 aliphatic carbocycles. The van der Waals surface area contributed by atoms with Crippen LogP contribution in [-0.4, -0.2) is 17.7 Å². The van der Waals surface area contributed by atoms with E-state index < -0.39 is 0 Å².